The van der Waals surface area contributed by atoms with E-state index in [0.29, 0.717) is 0 Å². The van der Waals surface area contributed by atoms with E-state index >= 15 is 0 Å². The summed E-state index contributed by atoms with van der Waals surface area (Å²) in [6.45, 7) is 0.258. The van der Waals surface area contributed by atoms with Crippen molar-refractivity contribution in [3.05, 3.63) is 0 Å². The monoisotopic (exact) mass is 146 g/mol. The Hall–Kier alpha value is -0.900. The maximum Gasteiger partial charge on any atom is 0.374 e. The van der Waals surface area contributed by atoms with Gasteiger partial charge in [0.1, 0.15) is 0 Å². The molecule has 4 nitrogen and oxygen atoms in total. The lowest BCUT2D eigenvalue weighted by molar-refractivity contribution is -0.152. The number of ether oxygens (including phenoxy) is 2. The van der Waals surface area contributed by atoms with E-state index in [1.807, 2.05) is 0 Å². The molecule has 0 saturated heterocycles. The molecule has 0 rings (SSSR count). The van der Waals surface area contributed by atoms with Gasteiger partial charge in [0.25, 0.3) is 0 Å². The first-order chi connectivity index (χ1) is 4.72. The molecule has 0 aliphatic heterocycles. The lowest BCUT2D eigenvalue weighted by Crippen LogP contribution is -2.16. The van der Waals surface area contributed by atoms with Crippen molar-refractivity contribution in [3.63, 3.8) is 0 Å². The van der Waals surface area contributed by atoms with Crippen LogP contribution in [0.3, 0.4) is 0 Å². The van der Waals surface area contributed by atoms with Gasteiger partial charge in [-0.3, -0.25) is 4.79 Å². The molecule has 0 fully saturated rings. The summed E-state index contributed by atoms with van der Waals surface area (Å²) in [6.07, 6.45) is 0.0865. The van der Waals surface area contributed by atoms with Crippen molar-refractivity contribution in [2.45, 2.75) is 6.42 Å². The van der Waals surface area contributed by atoms with Crippen LogP contribution in [0.5, 0.6) is 0 Å². The highest BCUT2D eigenvalue weighted by molar-refractivity contribution is 6.33. The van der Waals surface area contributed by atoms with E-state index in [4.69, 9.17) is 0 Å². The van der Waals surface area contributed by atoms with E-state index in [2.05, 4.69) is 9.47 Å². The molecule has 0 aliphatic carbocycles. The van der Waals surface area contributed by atoms with Crippen LogP contribution in [0, 0.1) is 0 Å². The number of rotatable bonds is 4. The number of methoxy groups -OCH3 is 2. The zero-order valence-corrected chi connectivity index (χ0v) is 6.05. The van der Waals surface area contributed by atoms with Gasteiger partial charge in [-0.25, -0.2) is 4.79 Å². The van der Waals surface area contributed by atoms with Crippen molar-refractivity contribution < 1.29 is 19.1 Å². The first kappa shape index (κ1) is 9.10. The van der Waals surface area contributed by atoms with Gasteiger partial charge in [-0.05, 0) is 0 Å². The Bertz CT molecular complexity index is 130. The average Bonchev–Trinajstić information content (AvgIpc) is 1.98. The van der Waals surface area contributed by atoms with Crippen LogP contribution in [0.25, 0.3) is 0 Å². The van der Waals surface area contributed by atoms with E-state index < -0.39 is 11.8 Å². The molecule has 0 atom stereocenters. The molecule has 0 aromatic carbocycles. The summed E-state index contributed by atoms with van der Waals surface area (Å²) in [5.74, 6) is -1.36. The van der Waals surface area contributed by atoms with Crippen LogP contribution >= 0.6 is 0 Å². The Morgan fingerprint density at radius 1 is 1.30 bits per heavy atom. The van der Waals surface area contributed by atoms with Crippen molar-refractivity contribution in [3.8, 4) is 0 Å². The zero-order chi connectivity index (χ0) is 7.98. The second-order valence-electron chi connectivity index (χ2n) is 1.66. The highest BCUT2D eigenvalue weighted by Crippen LogP contribution is 1.86. The van der Waals surface area contributed by atoms with E-state index in [9.17, 15) is 9.59 Å². The first-order valence-electron chi connectivity index (χ1n) is 2.82. The Balaban J connectivity index is 3.52. The molecule has 0 aliphatic rings. The number of ketones is 1. The molecule has 10 heavy (non-hydrogen) atoms. The van der Waals surface area contributed by atoms with Crippen molar-refractivity contribution in [1.29, 1.82) is 0 Å². The quantitative estimate of drug-likeness (QED) is 0.406. The van der Waals surface area contributed by atoms with Crippen LogP contribution in [-0.2, 0) is 19.1 Å². The SMILES string of the molecule is COCCC(=O)C(=O)OC. The van der Waals surface area contributed by atoms with E-state index in [0.717, 1.165) is 0 Å². The fourth-order valence-electron chi connectivity index (χ4n) is 0.411. The molecule has 0 spiro atoms. The largest absolute Gasteiger partial charge is 0.463 e. The molecule has 0 aromatic heterocycles. The minimum atomic E-state index is -0.808. The molecule has 0 saturated carbocycles. The van der Waals surface area contributed by atoms with Crippen LogP contribution in [0.15, 0.2) is 0 Å². The summed E-state index contributed by atoms with van der Waals surface area (Å²) < 4.78 is 8.74. The number of hydrogen-bond acceptors (Lipinski definition) is 4. The molecule has 0 unspecified atom stereocenters. The van der Waals surface area contributed by atoms with Gasteiger partial charge in [0, 0.05) is 13.5 Å². The van der Waals surface area contributed by atoms with Gasteiger partial charge in [-0.1, -0.05) is 0 Å². The summed E-state index contributed by atoms with van der Waals surface area (Å²) >= 11 is 0. The summed E-state index contributed by atoms with van der Waals surface area (Å²) in [5, 5.41) is 0. The van der Waals surface area contributed by atoms with Crippen molar-refractivity contribution in [2.24, 2.45) is 0 Å². The standard InChI is InChI=1S/C6H10O4/c1-9-4-3-5(7)6(8)10-2/h3-4H2,1-2H3. The lowest BCUT2D eigenvalue weighted by atomic mass is 10.3. The predicted octanol–water partition coefficient (Wildman–Crippen LogP) is -0.235. The third-order valence-corrected chi connectivity index (χ3v) is 0.946. The Kier molecular flexibility index (Phi) is 4.49. The van der Waals surface area contributed by atoms with Crippen molar-refractivity contribution in [1.82, 2.24) is 0 Å². The highest BCUT2D eigenvalue weighted by atomic mass is 16.5. The maximum atomic E-state index is 10.6. The summed E-state index contributed by atoms with van der Waals surface area (Å²) in [7, 11) is 2.64. The Morgan fingerprint density at radius 3 is 2.30 bits per heavy atom. The lowest BCUT2D eigenvalue weighted by Gasteiger charge is -1.96. The van der Waals surface area contributed by atoms with Crippen LogP contribution in [0.2, 0.25) is 0 Å². The normalized spacial score (nSPS) is 9.00. The van der Waals surface area contributed by atoms with E-state index in [1.54, 1.807) is 0 Å². The van der Waals surface area contributed by atoms with E-state index in [-0.39, 0.29) is 13.0 Å². The molecule has 58 valence electrons. The van der Waals surface area contributed by atoms with Gasteiger partial charge in [0.15, 0.2) is 0 Å². The third kappa shape index (κ3) is 3.19. The average molecular weight is 146 g/mol. The van der Waals surface area contributed by atoms with Gasteiger partial charge in [0.05, 0.1) is 13.7 Å². The molecule has 4 heteroatoms. The molecule has 0 heterocycles. The van der Waals surface area contributed by atoms with Gasteiger partial charge < -0.3 is 9.47 Å². The molecular formula is C6H10O4. The van der Waals surface area contributed by atoms with Crippen LogP contribution in [-0.4, -0.2) is 32.6 Å². The fourth-order valence-corrected chi connectivity index (χ4v) is 0.411. The van der Waals surface area contributed by atoms with Gasteiger partial charge in [0.2, 0.25) is 5.78 Å². The summed E-state index contributed by atoms with van der Waals surface area (Å²) in [5.41, 5.74) is 0. The predicted molar refractivity (Wildman–Crippen MR) is 33.5 cm³/mol. The van der Waals surface area contributed by atoms with Gasteiger partial charge in [-0.2, -0.15) is 0 Å². The minimum absolute atomic E-state index is 0.0865. The Labute approximate surface area is 59.1 Å². The second-order valence-corrected chi connectivity index (χ2v) is 1.66. The van der Waals surface area contributed by atoms with Gasteiger partial charge >= 0.3 is 5.97 Å². The number of Topliss-reactive ketones (excluding diaryl/α,β-unsaturated/α-hetero) is 1. The Morgan fingerprint density at radius 2 is 1.90 bits per heavy atom. The maximum absolute atomic E-state index is 10.6. The smallest absolute Gasteiger partial charge is 0.374 e. The van der Waals surface area contributed by atoms with Crippen LogP contribution < -0.4 is 0 Å². The second kappa shape index (κ2) is 4.93. The van der Waals surface area contributed by atoms with Gasteiger partial charge in [-0.15, -0.1) is 0 Å². The molecule has 0 N–H and O–H groups in total. The number of carbonyl (C=O) groups excluding carboxylic acids is 2. The van der Waals surface area contributed by atoms with E-state index in [1.165, 1.54) is 14.2 Å². The zero-order valence-electron chi connectivity index (χ0n) is 6.05. The molecule has 0 radical (unpaired) electrons. The van der Waals surface area contributed by atoms with Crippen LogP contribution in [0.4, 0.5) is 0 Å². The number of hydrogen-bond donors (Lipinski definition) is 0. The molecule has 0 bridgehead atoms. The molecular weight excluding hydrogens is 136 g/mol. The molecule has 0 aromatic rings. The fraction of sp³-hybridized carbons (Fsp3) is 0.667. The highest BCUT2D eigenvalue weighted by Gasteiger charge is 2.11. The minimum Gasteiger partial charge on any atom is -0.463 e. The number of esters is 1. The molecule has 0 amide bonds. The van der Waals surface area contributed by atoms with Crippen molar-refractivity contribution in [2.75, 3.05) is 20.8 Å². The summed E-state index contributed by atoms with van der Waals surface area (Å²) in [4.78, 5) is 21.0. The topological polar surface area (TPSA) is 52.6 Å². The first-order valence-corrected chi connectivity index (χ1v) is 2.82. The van der Waals surface area contributed by atoms with Crippen molar-refractivity contribution >= 4 is 11.8 Å². The van der Waals surface area contributed by atoms with Crippen LogP contribution in [0.1, 0.15) is 6.42 Å². The number of carbonyl (C=O) groups is 2. The third-order valence-electron chi connectivity index (χ3n) is 0.946. The summed E-state index contributed by atoms with van der Waals surface area (Å²) in [6, 6.07) is 0.